The minimum Gasteiger partial charge on any atom is -0.477 e. The number of hydrogen-bond acceptors (Lipinski definition) is 3. The van der Waals surface area contributed by atoms with Gasteiger partial charge in [0.1, 0.15) is 11.1 Å². The van der Waals surface area contributed by atoms with Crippen LogP contribution in [0.15, 0.2) is 35.0 Å². The van der Waals surface area contributed by atoms with Gasteiger partial charge in [0.05, 0.1) is 0 Å². The van der Waals surface area contributed by atoms with Crippen molar-refractivity contribution in [1.29, 1.82) is 0 Å². The standard InChI is InChI=1S/C10H9NO2S/c12-10(13)8-6-14-9(11-8)7-4-2-1-3-5-7/h1-2,4-5,7,9H,6H2,(H,12,13). The van der Waals surface area contributed by atoms with Crippen molar-refractivity contribution in [3.8, 4) is 0 Å². The zero-order valence-corrected chi connectivity index (χ0v) is 8.20. The van der Waals surface area contributed by atoms with Crippen molar-refractivity contribution in [2.45, 2.75) is 5.37 Å². The molecule has 0 radical (unpaired) electrons. The van der Waals surface area contributed by atoms with Crippen LogP contribution in [0.3, 0.4) is 0 Å². The van der Waals surface area contributed by atoms with E-state index in [0.717, 1.165) is 0 Å². The van der Waals surface area contributed by atoms with Gasteiger partial charge in [-0.1, -0.05) is 12.2 Å². The van der Waals surface area contributed by atoms with E-state index in [-0.39, 0.29) is 17.0 Å². The lowest BCUT2D eigenvalue weighted by atomic mass is 10.1. The number of aliphatic carboxylic acids is 1. The highest BCUT2D eigenvalue weighted by Gasteiger charge is 2.26. The summed E-state index contributed by atoms with van der Waals surface area (Å²) in [4.78, 5) is 14.8. The Kier molecular flexibility index (Phi) is 2.57. The van der Waals surface area contributed by atoms with Gasteiger partial charge in [-0.25, -0.2) is 4.79 Å². The van der Waals surface area contributed by atoms with Gasteiger partial charge < -0.3 is 5.11 Å². The third-order valence-electron chi connectivity index (χ3n) is 2.06. The van der Waals surface area contributed by atoms with Crippen LogP contribution in [-0.4, -0.2) is 27.9 Å². The van der Waals surface area contributed by atoms with Gasteiger partial charge in [0.15, 0.2) is 0 Å². The van der Waals surface area contributed by atoms with Crippen LogP contribution in [0, 0.1) is 5.92 Å². The Morgan fingerprint density at radius 1 is 1.71 bits per heavy atom. The van der Waals surface area contributed by atoms with Crippen molar-refractivity contribution in [1.82, 2.24) is 0 Å². The van der Waals surface area contributed by atoms with Gasteiger partial charge in [-0.05, 0) is 12.2 Å². The van der Waals surface area contributed by atoms with Crippen molar-refractivity contribution in [2.24, 2.45) is 10.9 Å². The molecule has 0 spiro atoms. The van der Waals surface area contributed by atoms with Crippen molar-refractivity contribution >= 4 is 23.4 Å². The molecule has 0 aromatic carbocycles. The van der Waals surface area contributed by atoms with Gasteiger partial charge in [-0.2, -0.15) is 0 Å². The van der Waals surface area contributed by atoms with Crippen molar-refractivity contribution < 1.29 is 9.90 Å². The maximum absolute atomic E-state index is 10.6. The molecule has 3 nitrogen and oxygen atoms in total. The molecule has 1 aliphatic carbocycles. The van der Waals surface area contributed by atoms with E-state index in [0.29, 0.717) is 5.75 Å². The molecule has 1 aliphatic heterocycles. The molecular weight excluding hydrogens is 198 g/mol. The molecule has 0 aromatic heterocycles. The molecule has 2 atom stereocenters. The van der Waals surface area contributed by atoms with E-state index < -0.39 is 5.97 Å². The lowest BCUT2D eigenvalue weighted by molar-refractivity contribution is -0.129. The van der Waals surface area contributed by atoms with Crippen molar-refractivity contribution in [3.05, 3.63) is 30.0 Å². The number of thioether (sulfide) groups is 1. The summed E-state index contributed by atoms with van der Waals surface area (Å²) in [7, 11) is 0. The molecule has 0 bridgehead atoms. The third kappa shape index (κ3) is 1.81. The molecule has 1 heterocycles. The van der Waals surface area contributed by atoms with E-state index in [1.54, 1.807) is 11.8 Å². The van der Waals surface area contributed by atoms with E-state index in [9.17, 15) is 4.79 Å². The summed E-state index contributed by atoms with van der Waals surface area (Å²) in [5, 5.41) is 8.75. The van der Waals surface area contributed by atoms with Crippen LogP contribution < -0.4 is 0 Å². The van der Waals surface area contributed by atoms with E-state index in [4.69, 9.17) is 5.11 Å². The zero-order valence-electron chi connectivity index (χ0n) is 7.38. The summed E-state index contributed by atoms with van der Waals surface area (Å²) in [5.74, 6) is -0.219. The molecule has 4 heteroatoms. The van der Waals surface area contributed by atoms with E-state index in [1.807, 2.05) is 24.3 Å². The predicted molar refractivity (Wildman–Crippen MR) is 56.6 cm³/mol. The average molecular weight is 207 g/mol. The van der Waals surface area contributed by atoms with Gasteiger partial charge in [0.2, 0.25) is 0 Å². The quantitative estimate of drug-likeness (QED) is 0.698. The van der Waals surface area contributed by atoms with Gasteiger partial charge in [0, 0.05) is 11.7 Å². The number of rotatable bonds is 2. The smallest absolute Gasteiger partial charge is 0.350 e. The maximum Gasteiger partial charge on any atom is 0.350 e. The molecule has 0 fully saturated rings. The Balaban J connectivity index is 2.12. The largest absolute Gasteiger partial charge is 0.477 e. The minimum absolute atomic E-state index is 0.0125. The first-order valence-corrected chi connectivity index (χ1v) is 5.33. The summed E-state index contributed by atoms with van der Waals surface area (Å²) in [6.45, 7) is 0. The van der Waals surface area contributed by atoms with Crippen LogP contribution in [0.2, 0.25) is 0 Å². The average Bonchev–Trinajstić information content (AvgIpc) is 2.68. The molecule has 0 saturated heterocycles. The van der Waals surface area contributed by atoms with Crippen LogP contribution in [0.4, 0.5) is 0 Å². The Morgan fingerprint density at radius 3 is 3.14 bits per heavy atom. The molecule has 14 heavy (non-hydrogen) atoms. The van der Waals surface area contributed by atoms with Crippen LogP contribution in [0.5, 0.6) is 0 Å². The Hall–Kier alpha value is -1.25. The molecule has 0 aromatic rings. The molecular formula is C10H9NO2S. The predicted octanol–water partition coefficient (Wildman–Crippen LogP) is 1.48. The maximum atomic E-state index is 10.6. The fraction of sp³-hybridized carbons (Fsp3) is 0.300. The minimum atomic E-state index is -0.903. The first-order chi connectivity index (χ1) is 6.77. The number of nitrogens with zero attached hydrogens (tertiary/aromatic N) is 1. The van der Waals surface area contributed by atoms with Crippen LogP contribution in [-0.2, 0) is 4.79 Å². The number of allylic oxidation sites excluding steroid dienone is 1. The molecule has 1 N–H and O–H groups in total. The Bertz CT molecular complexity index is 378. The van der Waals surface area contributed by atoms with Crippen LogP contribution in [0.1, 0.15) is 0 Å². The number of carbonyl (C=O) groups is 1. The molecule has 2 unspecified atom stereocenters. The lowest BCUT2D eigenvalue weighted by Crippen LogP contribution is -2.12. The molecule has 2 aliphatic rings. The normalized spacial score (nSPS) is 29.3. The summed E-state index contributed by atoms with van der Waals surface area (Å²) in [5.41, 5.74) is 3.26. The molecule has 72 valence electrons. The Labute approximate surface area is 85.9 Å². The molecule has 0 saturated carbocycles. The molecule has 0 amide bonds. The number of carboxylic acids is 1. The fourth-order valence-corrected chi connectivity index (χ4v) is 2.47. The van der Waals surface area contributed by atoms with Gasteiger partial charge in [-0.15, -0.1) is 17.5 Å². The third-order valence-corrected chi connectivity index (χ3v) is 3.27. The summed E-state index contributed by atoms with van der Waals surface area (Å²) >= 11 is 1.56. The van der Waals surface area contributed by atoms with Gasteiger partial charge >= 0.3 is 5.97 Å². The first kappa shape index (κ1) is 9.31. The van der Waals surface area contributed by atoms with Gasteiger partial charge in [0.25, 0.3) is 0 Å². The Morgan fingerprint density at radius 2 is 2.57 bits per heavy atom. The monoisotopic (exact) mass is 207 g/mol. The van der Waals surface area contributed by atoms with Crippen molar-refractivity contribution in [3.63, 3.8) is 0 Å². The molecule has 2 rings (SSSR count). The van der Waals surface area contributed by atoms with E-state index in [1.165, 1.54) is 0 Å². The highest BCUT2D eigenvalue weighted by molar-refractivity contribution is 8.01. The lowest BCUT2D eigenvalue weighted by Gasteiger charge is -2.12. The summed E-state index contributed by atoms with van der Waals surface area (Å²) < 4.78 is 0. The summed E-state index contributed by atoms with van der Waals surface area (Å²) in [6.07, 6.45) is 7.69. The van der Waals surface area contributed by atoms with Crippen molar-refractivity contribution in [2.75, 3.05) is 5.75 Å². The second-order valence-electron chi connectivity index (χ2n) is 3.04. The fourth-order valence-electron chi connectivity index (χ4n) is 1.35. The first-order valence-electron chi connectivity index (χ1n) is 4.28. The van der Waals surface area contributed by atoms with Crippen LogP contribution in [0.25, 0.3) is 0 Å². The van der Waals surface area contributed by atoms with Gasteiger partial charge in [-0.3, -0.25) is 4.99 Å². The number of aliphatic imine (C=N–C) groups is 1. The van der Waals surface area contributed by atoms with E-state index in [2.05, 4.69) is 10.7 Å². The second kappa shape index (κ2) is 3.86. The van der Waals surface area contributed by atoms with Crippen LogP contribution >= 0.6 is 11.8 Å². The second-order valence-corrected chi connectivity index (χ2v) is 4.15. The summed E-state index contributed by atoms with van der Waals surface area (Å²) in [6, 6.07) is 0. The SMILES string of the molecule is O=C(O)C1=NC(C2C=C=CC=C2)SC1. The topological polar surface area (TPSA) is 49.7 Å². The highest BCUT2D eigenvalue weighted by atomic mass is 32.2. The highest BCUT2D eigenvalue weighted by Crippen LogP contribution is 2.29. The number of hydrogen-bond donors (Lipinski definition) is 1. The zero-order chi connectivity index (χ0) is 9.97. The number of carboxylic acid groups (broad SMARTS) is 1. The van der Waals surface area contributed by atoms with E-state index >= 15 is 0 Å².